The van der Waals surface area contributed by atoms with Crippen LogP contribution in [0.2, 0.25) is 0 Å². The normalized spacial score (nSPS) is 16.0. The van der Waals surface area contributed by atoms with Crippen molar-refractivity contribution in [1.82, 2.24) is 29.8 Å². The average Bonchev–Trinajstić information content (AvgIpc) is 3.78. The molecule has 3 aromatic rings. The summed E-state index contributed by atoms with van der Waals surface area (Å²) in [6.07, 6.45) is -1.62. The van der Waals surface area contributed by atoms with Crippen molar-refractivity contribution >= 4 is 68.6 Å². The number of ether oxygens (including phenoxy) is 5. The Morgan fingerprint density at radius 3 is 2.01 bits per heavy atom. The van der Waals surface area contributed by atoms with E-state index in [-0.39, 0.29) is 28.7 Å². The zero-order valence-electron chi connectivity index (χ0n) is 43.0. The number of oxime groups is 1. The molecule has 25 nitrogen and oxygen atoms in total. The molecule has 1 aliphatic rings. The van der Waals surface area contributed by atoms with Gasteiger partial charge in [-0.1, -0.05) is 5.16 Å². The van der Waals surface area contributed by atoms with Gasteiger partial charge in [-0.2, -0.15) is 13.5 Å². The topological polar surface area (TPSA) is 308 Å². The number of imidazole rings is 1. The lowest BCUT2D eigenvalue weighted by atomic mass is 9.84. The van der Waals surface area contributed by atoms with E-state index in [1.54, 1.807) is 130 Å². The van der Waals surface area contributed by atoms with E-state index in [1.165, 1.54) is 19.2 Å². The van der Waals surface area contributed by atoms with Crippen molar-refractivity contribution in [3.05, 3.63) is 47.2 Å². The number of aromatic nitrogens is 3. The van der Waals surface area contributed by atoms with Crippen LogP contribution in [0.3, 0.4) is 0 Å². The van der Waals surface area contributed by atoms with E-state index in [0.29, 0.717) is 29.3 Å². The average molecular weight is 1050 g/mol. The molecule has 2 atom stereocenters. The molecule has 1 saturated heterocycles. The van der Waals surface area contributed by atoms with Crippen LogP contribution < -0.4 is 26.3 Å². The molecule has 3 heterocycles. The largest absolute Gasteiger partial charge is 0.489 e. The van der Waals surface area contributed by atoms with E-state index in [2.05, 4.69) is 35.4 Å². The van der Waals surface area contributed by atoms with Crippen LogP contribution >= 0.6 is 11.3 Å². The molecule has 398 valence electrons. The Hall–Kier alpha value is -6.58. The summed E-state index contributed by atoms with van der Waals surface area (Å²) in [5.41, 5.74) is -4.10. The number of carbonyl (C=O) groups excluding carboxylic acids is 6. The number of thiazole rings is 1. The first-order valence-corrected chi connectivity index (χ1v) is 24.6. The number of carbonyl (C=O) groups is 6. The lowest BCUT2D eigenvalue weighted by molar-refractivity contribution is -0.218. The molecular formula is C45H65N9O16S2. The number of hydroxylamine groups is 2. The number of esters is 1. The van der Waals surface area contributed by atoms with Crippen LogP contribution in [-0.4, -0.2) is 127 Å². The molecule has 1 fully saturated rings. The van der Waals surface area contributed by atoms with Gasteiger partial charge in [0.25, 0.3) is 17.9 Å². The van der Waals surface area contributed by atoms with Crippen molar-refractivity contribution in [3.63, 3.8) is 0 Å². The van der Waals surface area contributed by atoms with Crippen molar-refractivity contribution in [2.75, 3.05) is 18.5 Å². The molecule has 0 spiro atoms. The van der Waals surface area contributed by atoms with Crippen LogP contribution in [0.15, 0.2) is 46.0 Å². The van der Waals surface area contributed by atoms with Crippen molar-refractivity contribution in [2.45, 2.75) is 150 Å². The predicted octanol–water partition coefficient (Wildman–Crippen LogP) is 5.40. The molecule has 0 aliphatic carbocycles. The van der Waals surface area contributed by atoms with Gasteiger partial charge >= 0.3 is 34.6 Å². The number of hydrogen-bond acceptors (Lipinski definition) is 18. The minimum absolute atomic E-state index is 0.0330. The van der Waals surface area contributed by atoms with E-state index in [4.69, 9.17) is 28.5 Å². The number of benzene rings is 1. The maximum absolute atomic E-state index is 14.0. The fourth-order valence-electron chi connectivity index (χ4n) is 6.26. The van der Waals surface area contributed by atoms with E-state index in [1.807, 2.05) is 0 Å². The second-order valence-electron chi connectivity index (χ2n) is 20.7. The zero-order chi connectivity index (χ0) is 54.4. The second-order valence-corrected chi connectivity index (χ2v) is 22.6. The van der Waals surface area contributed by atoms with Gasteiger partial charge in [0.05, 0.1) is 11.2 Å². The number of aryl methyl sites for hydroxylation is 1. The molecule has 1 unspecified atom stereocenters. The van der Waals surface area contributed by atoms with Crippen LogP contribution in [0.5, 0.6) is 5.75 Å². The summed E-state index contributed by atoms with van der Waals surface area (Å²) >= 11 is 0.872. The fraction of sp³-hybridized carbons (Fsp3) is 0.578. The molecule has 4 N–H and O–H groups in total. The molecular weight excluding hydrogens is 987 g/mol. The van der Waals surface area contributed by atoms with Gasteiger partial charge in [-0.05, 0) is 133 Å². The van der Waals surface area contributed by atoms with Gasteiger partial charge in [0.1, 0.15) is 46.5 Å². The standard InChI is InChI=1S/C45H65N9O16S2/c1-41(2,3)65-35(57)30(69-51-31(28-25-71-36(47-28)49-39(59)67-43(7,8)9)33(55)48-32-34(56)54(45(32,13)14)70-72(61,62)63)24-64-27-19-17-26(18-20-27)29-23-53(22-16-21-46-38(58)66-42(4,5)6)37(52(29)15)50-40(60)68-44(10,11)12/h17-20,23,25,30,32H,16,21-22,24H2,1-15H3,(H,46,58)(H,48,55)(H,47,49,59)(H,61,62,63)/b50-37-,51-31-/t30?,32-/m1/s1. The molecule has 2 aromatic heterocycles. The van der Waals surface area contributed by atoms with Crippen molar-refractivity contribution in [3.8, 4) is 17.0 Å². The number of amides is 5. The third-order valence-electron chi connectivity index (χ3n) is 9.21. The molecule has 4 rings (SSSR count). The number of alkyl carbamates (subject to hydrolysis) is 1. The highest BCUT2D eigenvalue weighted by Crippen LogP contribution is 2.33. The number of nitrogens with zero attached hydrogens (tertiary/aromatic N) is 6. The number of nitrogens with one attached hydrogen (secondary N) is 3. The summed E-state index contributed by atoms with van der Waals surface area (Å²) in [4.78, 5) is 92.4. The zero-order valence-corrected chi connectivity index (χ0v) is 44.7. The first kappa shape index (κ1) is 58.0. The molecule has 72 heavy (non-hydrogen) atoms. The Balaban J connectivity index is 1.63. The maximum Gasteiger partial charge on any atom is 0.437 e. The second kappa shape index (κ2) is 22.5. The number of hydrogen-bond donors (Lipinski definition) is 4. The summed E-state index contributed by atoms with van der Waals surface area (Å²) in [7, 11) is -3.39. The van der Waals surface area contributed by atoms with Crippen molar-refractivity contribution < 1.29 is 74.5 Å². The highest BCUT2D eigenvalue weighted by atomic mass is 32.3. The van der Waals surface area contributed by atoms with Gasteiger partial charge in [-0.15, -0.1) is 20.6 Å². The molecule has 0 radical (unpaired) electrons. The van der Waals surface area contributed by atoms with Gasteiger partial charge in [-0.25, -0.2) is 24.2 Å². The highest BCUT2D eigenvalue weighted by Gasteiger charge is 2.58. The minimum atomic E-state index is -5.11. The first-order chi connectivity index (χ1) is 32.9. The van der Waals surface area contributed by atoms with Gasteiger partial charge < -0.3 is 48.3 Å². The summed E-state index contributed by atoms with van der Waals surface area (Å²) < 4.78 is 67.5. The number of anilines is 1. The fourth-order valence-corrected chi connectivity index (χ4v) is 7.39. The molecule has 27 heteroatoms. The summed E-state index contributed by atoms with van der Waals surface area (Å²) in [6, 6.07) is 5.23. The third kappa shape index (κ3) is 17.6. The van der Waals surface area contributed by atoms with E-state index in [9.17, 15) is 41.7 Å². The van der Waals surface area contributed by atoms with Crippen LogP contribution in [0.25, 0.3) is 11.3 Å². The van der Waals surface area contributed by atoms with E-state index in [0.717, 1.165) is 11.3 Å². The number of β-lactam (4-membered cyclic amide) rings is 1. The smallest absolute Gasteiger partial charge is 0.437 e. The quantitative estimate of drug-likeness (QED) is 0.0250. The van der Waals surface area contributed by atoms with Gasteiger partial charge in [0, 0.05) is 31.7 Å². The summed E-state index contributed by atoms with van der Waals surface area (Å²) in [6.45, 7) is 23.0. The minimum Gasteiger partial charge on any atom is -0.489 e. The number of rotatable bonds is 17. The Morgan fingerprint density at radius 1 is 0.875 bits per heavy atom. The van der Waals surface area contributed by atoms with Crippen LogP contribution in [-0.2, 0) is 66.4 Å². The van der Waals surface area contributed by atoms with Crippen molar-refractivity contribution in [2.24, 2.45) is 17.2 Å². The summed E-state index contributed by atoms with van der Waals surface area (Å²) in [5, 5.41) is 13.2. The lowest BCUT2D eigenvalue weighted by Crippen LogP contribution is -2.76. The molecule has 0 bridgehead atoms. The maximum atomic E-state index is 14.0. The van der Waals surface area contributed by atoms with Gasteiger partial charge in [0.2, 0.25) is 5.62 Å². The van der Waals surface area contributed by atoms with Crippen LogP contribution in [0, 0.1) is 0 Å². The predicted molar refractivity (Wildman–Crippen MR) is 260 cm³/mol. The Morgan fingerprint density at radius 2 is 1.46 bits per heavy atom. The van der Waals surface area contributed by atoms with Gasteiger partial charge in [0.15, 0.2) is 10.8 Å². The molecule has 0 saturated carbocycles. The third-order valence-corrected chi connectivity index (χ3v) is 10.3. The molecule has 1 aromatic carbocycles. The van der Waals surface area contributed by atoms with Crippen LogP contribution in [0.4, 0.5) is 19.5 Å². The highest BCUT2D eigenvalue weighted by molar-refractivity contribution is 7.80. The Labute approximate surface area is 421 Å². The monoisotopic (exact) mass is 1050 g/mol. The summed E-state index contributed by atoms with van der Waals surface area (Å²) in [5.74, 6) is -2.83. The van der Waals surface area contributed by atoms with E-state index < -0.39 is 98.9 Å². The Kier molecular flexibility index (Phi) is 18.1. The van der Waals surface area contributed by atoms with Crippen LogP contribution in [0.1, 0.15) is 109 Å². The molecule has 1 aliphatic heterocycles. The molecule has 5 amide bonds. The Bertz CT molecular complexity index is 2700. The van der Waals surface area contributed by atoms with Gasteiger partial charge in [-0.3, -0.25) is 19.5 Å². The SMILES string of the molecule is Cn1c(-c2ccc(OCC(O/N=C(\C(=O)N[C@@H]3C(=O)N(OS(=O)(=O)O)C3(C)C)c3csc(NC(=O)OC(C)(C)C)n3)C(=O)OC(C)(C)C)cc2)cn(CCCNC(=O)OC(C)(C)C)/c1=N\C(=O)OC(C)(C)C. The van der Waals surface area contributed by atoms with Crippen molar-refractivity contribution in [1.29, 1.82) is 0 Å². The first-order valence-electron chi connectivity index (χ1n) is 22.4. The van der Waals surface area contributed by atoms with E-state index >= 15 is 0 Å². The lowest BCUT2D eigenvalue weighted by Gasteiger charge is -2.50.